The molecule has 0 bridgehead atoms. The molecule has 28 nitrogen and oxygen atoms in total. The van der Waals surface area contributed by atoms with Crippen LogP contribution >= 0.6 is 0 Å². The molecule has 0 aromatic heterocycles. The maximum Gasteiger partial charge on any atom is 0.329 e. The molecule has 472 valence electrons. The van der Waals surface area contributed by atoms with Crippen LogP contribution < -0.4 is 70.0 Å². The first kappa shape index (κ1) is 72.8. The van der Waals surface area contributed by atoms with Gasteiger partial charge in [-0.3, -0.25) is 52.7 Å². The van der Waals surface area contributed by atoms with Crippen molar-refractivity contribution in [3.8, 4) is 0 Å². The van der Waals surface area contributed by atoms with Crippen LogP contribution in [-0.4, -0.2) is 181 Å². The van der Waals surface area contributed by atoms with Crippen molar-refractivity contribution in [2.45, 2.75) is 193 Å². The molecule has 1 aromatic carbocycles. The number of likely N-dealkylation sites (N-methyl/N-ethyl adjacent to an activating group) is 1. The molecule has 11 amide bonds. The van der Waals surface area contributed by atoms with Gasteiger partial charge >= 0.3 is 5.97 Å². The maximum atomic E-state index is 14.3. The van der Waals surface area contributed by atoms with E-state index in [9.17, 15) is 67.7 Å². The molecule has 17 N–H and O–H groups in total. The number of amides is 11. The van der Waals surface area contributed by atoms with Crippen LogP contribution in [0.3, 0.4) is 0 Å². The number of carbonyl (C=O) groups excluding carboxylic acids is 12. The van der Waals surface area contributed by atoms with Crippen LogP contribution in [0.5, 0.6) is 0 Å². The first-order valence-electron chi connectivity index (χ1n) is 28.8. The molecule has 1 saturated heterocycles. The fourth-order valence-electron chi connectivity index (χ4n) is 8.76. The number of nitrogens with one attached hydrogen (secondary N) is 11. The highest BCUT2D eigenvalue weighted by Crippen LogP contribution is 2.17. The number of hydrogen-bond donors (Lipinski definition) is 15. The Bertz CT molecular complexity index is 2400. The number of aliphatic hydroxyl groups excluding tert-OH is 2. The van der Waals surface area contributed by atoms with Gasteiger partial charge in [-0.1, -0.05) is 105 Å². The number of nitrogens with two attached hydrogens (primary N) is 2. The second kappa shape index (κ2) is 36.4. The summed E-state index contributed by atoms with van der Waals surface area (Å²) in [6.07, 6.45) is -0.504. The molecular formula is C56H93N13O15. The van der Waals surface area contributed by atoms with Gasteiger partial charge in [0, 0.05) is 6.42 Å². The summed E-state index contributed by atoms with van der Waals surface area (Å²) in [5.74, 6) is -13.1. The predicted octanol–water partition coefficient (Wildman–Crippen LogP) is -3.59. The minimum absolute atomic E-state index is 0.107. The smallest absolute Gasteiger partial charge is 0.329 e. The molecule has 84 heavy (non-hydrogen) atoms. The van der Waals surface area contributed by atoms with E-state index in [1.165, 1.54) is 13.8 Å². The van der Waals surface area contributed by atoms with Crippen LogP contribution in [0.1, 0.15) is 120 Å². The normalized spacial score (nSPS) is 21.2. The number of hydrogen-bond acceptors (Lipinski definition) is 17. The van der Waals surface area contributed by atoms with E-state index in [4.69, 9.17) is 16.2 Å². The lowest BCUT2D eigenvalue weighted by molar-refractivity contribution is -0.157. The monoisotopic (exact) mass is 1190 g/mol. The van der Waals surface area contributed by atoms with Crippen LogP contribution in [0.2, 0.25) is 0 Å². The highest BCUT2D eigenvalue weighted by molar-refractivity contribution is 5.99. The Labute approximate surface area is 491 Å². The summed E-state index contributed by atoms with van der Waals surface area (Å²) in [6.45, 7) is 14.1. The van der Waals surface area contributed by atoms with Crippen molar-refractivity contribution in [2.24, 2.45) is 35.1 Å². The molecule has 1 heterocycles. The van der Waals surface area contributed by atoms with Gasteiger partial charge < -0.3 is 84.9 Å². The van der Waals surface area contributed by atoms with Gasteiger partial charge in [-0.25, -0.2) is 4.79 Å². The average Bonchev–Trinajstić information content (AvgIpc) is 3.61. The molecule has 1 aliphatic heterocycles. The zero-order valence-electron chi connectivity index (χ0n) is 50.3. The number of ether oxygens (including phenoxy) is 1. The number of benzene rings is 1. The van der Waals surface area contributed by atoms with Gasteiger partial charge in [-0.15, -0.1) is 0 Å². The molecule has 28 heteroatoms. The van der Waals surface area contributed by atoms with E-state index in [1.807, 2.05) is 30.3 Å². The zero-order chi connectivity index (χ0) is 63.5. The summed E-state index contributed by atoms with van der Waals surface area (Å²) in [6, 6.07) is -6.15. The maximum absolute atomic E-state index is 14.3. The second-order valence-electron chi connectivity index (χ2n) is 21.8. The Morgan fingerprint density at radius 3 is 1.62 bits per heavy atom. The second-order valence-corrected chi connectivity index (χ2v) is 21.8. The topological polar surface area (TPSA) is 439 Å². The number of cyclic esters (lactones) is 1. The highest BCUT2D eigenvalue weighted by atomic mass is 16.5. The van der Waals surface area contributed by atoms with Gasteiger partial charge in [-0.2, -0.15) is 0 Å². The van der Waals surface area contributed by atoms with E-state index in [0.717, 1.165) is 5.56 Å². The van der Waals surface area contributed by atoms with Crippen molar-refractivity contribution >= 4 is 70.9 Å². The van der Waals surface area contributed by atoms with Gasteiger partial charge in [0.15, 0.2) is 0 Å². The zero-order valence-corrected chi connectivity index (χ0v) is 50.3. The quantitative estimate of drug-likeness (QED) is 0.0310. The Balaban J connectivity index is 2.37. The molecular weight excluding hydrogens is 1090 g/mol. The van der Waals surface area contributed by atoms with Gasteiger partial charge in [-0.05, 0) is 82.4 Å². The van der Waals surface area contributed by atoms with Crippen molar-refractivity contribution in [3.05, 3.63) is 35.9 Å². The molecule has 0 saturated carbocycles. The van der Waals surface area contributed by atoms with Gasteiger partial charge in [0.25, 0.3) is 0 Å². The molecule has 1 aromatic rings. The van der Waals surface area contributed by atoms with Crippen molar-refractivity contribution in [2.75, 3.05) is 26.8 Å². The Morgan fingerprint density at radius 1 is 0.619 bits per heavy atom. The van der Waals surface area contributed by atoms with Crippen molar-refractivity contribution in [1.29, 1.82) is 0 Å². The van der Waals surface area contributed by atoms with E-state index < -0.39 is 193 Å². The number of aliphatic hydroxyl groups is 2. The molecule has 0 radical (unpaired) electrons. The average molecular weight is 1190 g/mol. The van der Waals surface area contributed by atoms with Crippen LogP contribution in [0.4, 0.5) is 0 Å². The summed E-state index contributed by atoms with van der Waals surface area (Å²) in [5.41, 5.74) is 12.0. The lowest BCUT2D eigenvalue weighted by Crippen LogP contribution is -2.63. The van der Waals surface area contributed by atoms with Gasteiger partial charge in [0.05, 0.1) is 19.3 Å². The summed E-state index contributed by atoms with van der Waals surface area (Å²) >= 11 is 0. The van der Waals surface area contributed by atoms with E-state index in [2.05, 4.69) is 58.5 Å². The van der Waals surface area contributed by atoms with E-state index in [1.54, 1.807) is 62.4 Å². The predicted molar refractivity (Wildman–Crippen MR) is 308 cm³/mol. The minimum Gasteiger partial charge on any atom is -0.458 e. The molecule has 1 aliphatic rings. The summed E-state index contributed by atoms with van der Waals surface area (Å²) in [7, 11) is 1.60. The third kappa shape index (κ3) is 22.7. The molecule has 15 atom stereocenters. The Hall–Kier alpha value is -7.30. The summed E-state index contributed by atoms with van der Waals surface area (Å²) in [4.78, 5) is 164. The number of rotatable bonds is 32. The third-order valence-electron chi connectivity index (χ3n) is 14.9. The largest absolute Gasteiger partial charge is 0.458 e. The lowest BCUT2D eigenvalue weighted by Gasteiger charge is -2.31. The first-order valence-corrected chi connectivity index (χ1v) is 28.8. The fraction of sp³-hybridized carbons (Fsp3) is 0.679. The summed E-state index contributed by atoms with van der Waals surface area (Å²) in [5, 5.41) is 49.0. The third-order valence-corrected chi connectivity index (χ3v) is 14.9. The Kier molecular flexibility index (Phi) is 31.6. The van der Waals surface area contributed by atoms with Gasteiger partial charge in [0.1, 0.15) is 66.5 Å². The van der Waals surface area contributed by atoms with Crippen molar-refractivity contribution < 1.29 is 72.5 Å². The van der Waals surface area contributed by atoms with Crippen molar-refractivity contribution in [3.63, 3.8) is 0 Å². The fourth-order valence-corrected chi connectivity index (χ4v) is 8.76. The number of esters is 1. The molecule has 0 unspecified atom stereocenters. The number of primary amides is 1. The summed E-state index contributed by atoms with van der Waals surface area (Å²) < 4.78 is 5.67. The molecule has 0 spiro atoms. The molecule has 1 fully saturated rings. The van der Waals surface area contributed by atoms with Crippen LogP contribution in [0.15, 0.2) is 30.3 Å². The molecule has 0 aliphatic carbocycles. The SMILES string of the molecule is CC[C@@H](C)[C@@H](NC(=O)[C@@H](CCC(N)=O)NC(=O)[C@H](CO)NC(=O)[C@@H](NC(=O)[C@@H](Cc1ccccc1)NC)[C@@H](C)CC)C(=O)N[C@H](C(=O)N[C@@H](CO)C(=O)N[C@H]1C(=O)N[C@@H](C)C(=O)N[C@@H](CCCN)C(=O)N[C@@H]([C@@H](C)CC)C(=O)O[C@H]1C)C(C)C. The van der Waals surface area contributed by atoms with Crippen LogP contribution in [-0.2, 0) is 68.7 Å². The number of carbonyl (C=O) groups is 12. The lowest BCUT2D eigenvalue weighted by atomic mass is 9.95. The van der Waals surface area contributed by atoms with Crippen LogP contribution in [0, 0.1) is 23.7 Å². The standard InChI is InChI=1S/C56H93N13O15/c1-12-29(6)42(67-49(76)37(59-11)25-34-19-16-15-17-20-34)53(80)64-38(26-70)50(77)62-36(22-23-40(58)72)48(75)66-43(30(7)13-2)54(81)65-41(28(4)5)52(79)63-39(27-71)51(78)69-45-33(10)84-56(83)44(31(8)14-3)68-47(74)35(21-18-24-57)61-46(73)32(9)60-55(45)82/h15-17,19-20,28-33,35-39,41-45,59,70-71H,12-14,18,21-27,57H2,1-11H3,(H2,58,72)(H,60,82)(H,61,73)(H,62,77)(H,63,79)(H,64,80)(H,65,81)(H,66,75)(H,67,76)(H,68,74)(H,69,78)/t29-,30+,31-,32-,33-,35-,36+,37+,38-,39-,41-,42-,43+,44-,45+/m0/s1. The minimum atomic E-state index is -1.81. The van der Waals surface area contributed by atoms with E-state index in [-0.39, 0.29) is 19.4 Å². The van der Waals surface area contributed by atoms with E-state index in [0.29, 0.717) is 25.7 Å². The first-order chi connectivity index (χ1) is 39.6. The highest BCUT2D eigenvalue weighted by Gasteiger charge is 2.41. The van der Waals surface area contributed by atoms with Crippen LogP contribution in [0.25, 0.3) is 0 Å². The van der Waals surface area contributed by atoms with Crippen molar-refractivity contribution in [1.82, 2.24) is 58.5 Å². The Morgan fingerprint density at radius 2 is 1.12 bits per heavy atom. The van der Waals surface area contributed by atoms with Gasteiger partial charge in [0.2, 0.25) is 65.0 Å². The molecule has 2 rings (SSSR count). The van der Waals surface area contributed by atoms with E-state index >= 15 is 0 Å².